The van der Waals surface area contributed by atoms with Crippen LogP contribution in [0.25, 0.3) is 0 Å². The molecule has 1 aliphatic rings. The number of nitrogens with zero attached hydrogens (tertiary/aromatic N) is 1. The van der Waals surface area contributed by atoms with E-state index in [1.807, 2.05) is 43.0 Å². The number of hydrogen-bond acceptors (Lipinski definition) is 4. The van der Waals surface area contributed by atoms with Gasteiger partial charge in [0.25, 0.3) is 5.91 Å². The van der Waals surface area contributed by atoms with Crippen LogP contribution in [0.3, 0.4) is 0 Å². The summed E-state index contributed by atoms with van der Waals surface area (Å²) in [5, 5.41) is 2.94. The van der Waals surface area contributed by atoms with Crippen molar-refractivity contribution in [1.29, 1.82) is 0 Å². The zero-order valence-electron chi connectivity index (χ0n) is 20.4. The Morgan fingerprint density at radius 3 is 2.39 bits per heavy atom. The lowest BCUT2D eigenvalue weighted by Gasteiger charge is -2.41. The fourth-order valence-corrected chi connectivity index (χ4v) is 4.85. The smallest absolute Gasteiger partial charge is 0.416 e. The van der Waals surface area contributed by atoms with Crippen molar-refractivity contribution in [1.82, 2.24) is 5.32 Å². The van der Waals surface area contributed by atoms with Crippen LogP contribution in [-0.4, -0.2) is 24.3 Å². The van der Waals surface area contributed by atoms with Crippen LogP contribution in [0.4, 0.5) is 24.5 Å². The molecule has 0 radical (unpaired) electrons. The zero-order chi connectivity index (χ0) is 25.9. The van der Waals surface area contributed by atoms with E-state index in [1.54, 1.807) is 30.0 Å². The van der Waals surface area contributed by atoms with Gasteiger partial charge in [-0.25, -0.2) is 0 Å². The molecule has 8 heteroatoms. The lowest BCUT2D eigenvalue weighted by Crippen LogP contribution is -2.43. The SMILES string of the molecule is CCSc1ccc(CNC(=O)c2ccc3c(c2)OCC(C(C)C)N3c2ccc(C(F)(F)F)cc2)cc1. The summed E-state index contributed by atoms with van der Waals surface area (Å²) in [5.74, 6) is 1.50. The van der Waals surface area contributed by atoms with E-state index >= 15 is 0 Å². The van der Waals surface area contributed by atoms with Crippen molar-refractivity contribution in [2.75, 3.05) is 17.3 Å². The van der Waals surface area contributed by atoms with E-state index in [0.29, 0.717) is 30.2 Å². The summed E-state index contributed by atoms with van der Waals surface area (Å²) >= 11 is 1.77. The van der Waals surface area contributed by atoms with Gasteiger partial charge in [-0.05, 0) is 71.8 Å². The summed E-state index contributed by atoms with van der Waals surface area (Å²) in [7, 11) is 0. The quantitative estimate of drug-likeness (QED) is 0.336. The normalized spacial score (nSPS) is 15.4. The van der Waals surface area contributed by atoms with Gasteiger partial charge in [0.2, 0.25) is 0 Å². The number of benzene rings is 3. The maximum Gasteiger partial charge on any atom is 0.416 e. The van der Waals surface area contributed by atoms with Crippen molar-refractivity contribution in [2.45, 2.75) is 44.4 Å². The summed E-state index contributed by atoms with van der Waals surface area (Å²) in [6, 6.07) is 18.4. The molecule has 1 N–H and O–H groups in total. The highest BCUT2D eigenvalue weighted by Crippen LogP contribution is 2.42. The number of anilines is 2. The molecule has 3 aromatic rings. The van der Waals surface area contributed by atoms with Gasteiger partial charge in [-0.3, -0.25) is 4.79 Å². The van der Waals surface area contributed by atoms with Crippen molar-refractivity contribution < 1.29 is 22.7 Å². The van der Waals surface area contributed by atoms with Crippen molar-refractivity contribution in [2.24, 2.45) is 5.92 Å². The van der Waals surface area contributed by atoms with E-state index in [2.05, 4.69) is 12.2 Å². The van der Waals surface area contributed by atoms with Crippen LogP contribution in [0.2, 0.25) is 0 Å². The molecular weight excluding hydrogens is 485 g/mol. The van der Waals surface area contributed by atoms with Gasteiger partial charge < -0.3 is 15.0 Å². The summed E-state index contributed by atoms with van der Waals surface area (Å²) in [6.45, 7) is 6.96. The van der Waals surface area contributed by atoms with Crippen molar-refractivity contribution >= 4 is 29.0 Å². The number of thioether (sulfide) groups is 1. The molecule has 1 atom stereocenters. The number of hydrogen-bond donors (Lipinski definition) is 1. The summed E-state index contributed by atoms with van der Waals surface area (Å²) in [4.78, 5) is 16.0. The molecule has 0 spiro atoms. The summed E-state index contributed by atoms with van der Waals surface area (Å²) in [6.07, 6.45) is -4.39. The van der Waals surface area contributed by atoms with E-state index in [9.17, 15) is 18.0 Å². The van der Waals surface area contributed by atoms with Crippen LogP contribution in [0.15, 0.2) is 71.6 Å². The first kappa shape index (κ1) is 25.9. The van der Waals surface area contributed by atoms with Gasteiger partial charge in [-0.2, -0.15) is 13.2 Å². The Kier molecular flexibility index (Phi) is 7.83. The van der Waals surface area contributed by atoms with Gasteiger partial charge >= 0.3 is 6.18 Å². The third kappa shape index (κ3) is 5.81. The molecule has 4 rings (SSSR count). The Morgan fingerprint density at radius 1 is 1.08 bits per heavy atom. The molecule has 0 aromatic heterocycles. The average molecular weight is 515 g/mol. The Morgan fingerprint density at radius 2 is 1.78 bits per heavy atom. The Bertz CT molecular complexity index is 1190. The maximum absolute atomic E-state index is 13.1. The lowest BCUT2D eigenvalue weighted by molar-refractivity contribution is -0.137. The van der Waals surface area contributed by atoms with Crippen LogP contribution in [-0.2, 0) is 12.7 Å². The molecule has 1 unspecified atom stereocenters. The zero-order valence-corrected chi connectivity index (χ0v) is 21.2. The van der Waals surface area contributed by atoms with Gasteiger partial charge in [0.05, 0.1) is 17.3 Å². The van der Waals surface area contributed by atoms with E-state index in [0.717, 1.165) is 29.1 Å². The van der Waals surface area contributed by atoms with Crippen LogP contribution in [0.5, 0.6) is 5.75 Å². The molecule has 36 heavy (non-hydrogen) atoms. The molecule has 0 saturated heterocycles. The molecule has 3 aromatic carbocycles. The summed E-state index contributed by atoms with van der Waals surface area (Å²) < 4.78 is 45.2. The fraction of sp³-hybridized carbons (Fsp3) is 0.321. The first-order valence-electron chi connectivity index (χ1n) is 11.9. The highest BCUT2D eigenvalue weighted by Gasteiger charge is 2.33. The van der Waals surface area contributed by atoms with Crippen LogP contribution in [0.1, 0.15) is 42.3 Å². The van der Waals surface area contributed by atoms with E-state index in [4.69, 9.17) is 4.74 Å². The van der Waals surface area contributed by atoms with Crippen LogP contribution < -0.4 is 15.0 Å². The number of halogens is 3. The molecule has 0 aliphatic carbocycles. The maximum atomic E-state index is 13.1. The molecular formula is C28H29F3N2O2S. The third-order valence-corrected chi connectivity index (χ3v) is 7.05. The van der Waals surface area contributed by atoms with Gasteiger partial charge in [0.1, 0.15) is 12.4 Å². The highest BCUT2D eigenvalue weighted by atomic mass is 32.2. The standard InChI is InChI=1S/C28H29F3N2O2S/c1-4-36-23-12-5-19(6-13-23)16-32-27(34)20-7-14-24-26(15-20)35-17-25(18(2)3)33(24)22-10-8-21(9-11-22)28(29,30)31/h5-15,18,25H,4,16-17H2,1-3H3,(H,32,34). The van der Waals surface area contributed by atoms with E-state index < -0.39 is 11.7 Å². The molecule has 1 amide bonds. The molecule has 0 fully saturated rings. The summed E-state index contributed by atoms with van der Waals surface area (Å²) in [5.41, 5.74) is 2.15. The first-order valence-corrected chi connectivity index (χ1v) is 12.9. The number of carbonyl (C=O) groups is 1. The molecule has 0 bridgehead atoms. The first-order chi connectivity index (χ1) is 17.2. The van der Waals surface area contributed by atoms with Crippen molar-refractivity contribution in [3.05, 3.63) is 83.4 Å². The van der Waals surface area contributed by atoms with Crippen LogP contribution in [0, 0.1) is 5.92 Å². The minimum absolute atomic E-state index is 0.0669. The minimum atomic E-state index is -4.39. The number of carbonyl (C=O) groups excluding carboxylic acids is 1. The number of ether oxygens (including phenoxy) is 1. The number of fused-ring (bicyclic) bond motifs is 1. The van der Waals surface area contributed by atoms with Crippen LogP contribution >= 0.6 is 11.8 Å². The third-order valence-electron chi connectivity index (χ3n) is 6.15. The molecule has 4 nitrogen and oxygen atoms in total. The van der Waals surface area contributed by atoms with Crippen molar-refractivity contribution in [3.63, 3.8) is 0 Å². The van der Waals surface area contributed by atoms with Gasteiger partial charge in [-0.15, -0.1) is 11.8 Å². The Labute approximate surface area is 213 Å². The number of rotatable bonds is 7. The fourth-order valence-electron chi connectivity index (χ4n) is 4.19. The second kappa shape index (κ2) is 10.9. The second-order valence-electron chi connectivity index (χ2n) is 8.98. The molecule has 190 valence electrons. The Hall–Kier alpha value is -3.13. The Balaban J connectivity index is 1.54. The molecule has 1 heterocycles. The van der Waals surface area contributed by atoms with Gasteiger partial charge in [-0.1, -0.05) is 32.9 Å². The highest BCUT2D eigenvalue weighted by molar-refractivity contribution is 7.99. The predicted octanol–water partition coefficient (Wildman–Crippen LogP) is 7.30. The average Bonchev–Trinajstić information content (AvgIpc) is 2.86. The number of alkyl halides is 3. The van der Waals surface area contributed by atoms with Gasteiger partial charge in [0.15, 0.2) is 0 Å². The topological polar surface area (TPSA) is 41.6 Å². The van der Waals surface area contributed by atoms with E-state index in [1.165, 1.54) is 17.0 Å². The monoisotopic (exact) mass is 514 g/mol. The lowest BCUT2D eigenvalue weighted by atomic mass is 9.98. The van der Waals surface area contributed by atoms with Crippen molar-refractivity contribution in [3.8, 4) is 5.75 Å². The minimum Gasteiger partial charge on any atom is -0.489 e. The predicted molar refractivity (Wildman–Crippen MR) is 138 cm³/mol. The number of amides is 1. The second-order valence-corrected chi connectivity index (χ2v) is 10.3. The largest absolute Gasteiger partial charge is 0.489 e. The number of nitrogens with one attached hydrogen (secondary N) is 1. The molecule has 1 aliphatic heterocycles. The molecule has 0 saturated carbocycles. The van der Waals surface area contributed by atoms with E-state index in [-0.39, 0.29) is 17.9 Å². The van der Waals surface area contributed by atoms with Gasteiger partial charge in [0, 0.05) is 22.7 Å².